The van der Waals surface area contributed by atoms with Gasteiger partial charge < -0.3 is 19.7 Å². The SMILES string of the molecule is C[C@@H](Oc1ccccc1)C(=O)NCc1ccccc1N1CCOCC1. The Morgan fingerprint density at radius 3 is 2.56 bits per heavy atom. The molecule has 1 aliphatic heterocycles. The smallest absolute Gasteiger partial charge is 0.261 e. The first-order valence-electron chi connectivity index (χ1n) is 8.64. The molecule has 2 aromatic carbocycles. The normalized spacial score (nSPS) is 15.5. The van der Waals surface area contributed by atoms with Gasteiger partial charge in [0.1, 0.15) is 5.75 Å². The predicted molar refractivity (Wildman–Crippen MR) is 97.9 cm³/mol. The molecule has 3 rings (SSSR count). The maximum atomic E-state index is 12.3. The highest BCUT2D eigenvalue weighted by atomic mass is 16.5. The number of carbonyl (C=O) groups excluding carboxylic acids is 1. The molecule has 0 aliphatic carbocycles. The number of amides is 1. The van der Waals surface area contributed by atoms with Crippen LogP contribution in [0.25, 0.3) is 0 Å². The lowest BCUT2D eigenvalue weighted by molar-refractivity contribution is -0.127. The number of carbonyl (C=O) groups is 1. The van der Waals surface area contributed by atoms with E-state index in [1.165, 1.54) is 0 Å². The van der Waals surface area contributed by atoms with Crippen LogP contribution in [-0.4, -0.2) is 38.3 Å². The number of hydrogen-bond donors (Lipinski definition) is 1. The van der Waals surface area contributed by atoms with Gasteiger partial charge in [-0.3, -0.25) is 4.79 Å². The Bertz CT molecular complexity index is 684. The molecule has 0 saturated carbocycles. The van der Waals surface area contributed by atoms with Gasteiger partial charge in [0.2, 0.25) is 0 Å². The zero-order valence-electron chi connectivity index (χ0n) is 14.5. The van der Waals surface area contributed by atoms with Crippen LogP contribution in [0.1, 0.15) is 12.5 Å². The van der Waals surface area contributed by atoms with E-state index in [0.717, 1.165) is 37.6 Å². The van der Waals surface area contributed by atoms with Crippen LogP contribution >= 0.6 is 0 Å². The number of ether oxygens (including phenoxy) is 2. The summed E-state index contributed by atoms with van der Waals surface area (Å²) in [5, 5.41) is 2.98. The molecule has 1 aliphatic rings. The minimum Gasteiger partial charge on any atom is -0.481 e. The van der Waals surface area contributed by atoms with Crippen LogP contribution in [0.2, 0.25) is 0 Å². The Balaban J connectivity index is 1.58. The molecule has 0 unspecified atom stereocenters. The van der Waals surface area contributed by atoms with E-state index in [2.05, 4.69) is 16.3 Å². The summed E-state index contributed by atoms with van der Waals surface area (Å²) in [7, 11) is 0. The summed E-state index contributed by atoms with van der Waals surface area (Å²) in [6.45, 7) is 5.47. The number of morpholine rings is 1. The average Bonchev–Trinajstić information content (AvgIpc) is 2.68. The number of para-hydroxylation sites is 2. The molecule has 1 amide bonds. The first kappa shape index (κ1) is 17.3. The summed E-state index contributed by atoms with van der Waals surface area (Å²) >= 11 is 0. The largest absolute Gasteiger partial charge is 0.481 e. The van der Waals surface area contributed by atoms with Gasteiger partial charge in [0, 0.05) is 25.3 Å². The topological polar surface area (TPSA) is 50.8 Å². The molecule has 5 heteroatoms. The van der Waals surface area contributed by atoms with Crippen molar-refractivity contribution in [2.75, 3.05) is 31.2 Å². The molecule has 0 aromatic heterocycles. The number of benzene rings is 2. The minimum atomic E-state index is -0.544. The van der Waals surface area contributed by atoms with Crippen molar-refractivity contribution >= 4 is 11.6 Å². The van der Waals surface area contributed by atoms with Crippen LogP contribution < -0.4 is 15.0 Å². The number of anilines is 1. The van der Waals surface area contributed by atoms with Crippen molar-refractivity contribution in [1.82, 2.24) is 5.32 Å². The van der Waals surface area contributed by atoms with Gasteiger partial charge in [0.15, 0.2) is 6.10 Å². The summed E-state index contributed by atoms with van der Waals surface area (Å²) < 4.78 is 11.1. The van der Waals surface area contributed by atoms with Crippen LogP contribution in [0.3, 0.4) is 0 Å². The minimum absolute atomic E-state index is 0.124. The summed E-state index contributed by atoms with van der Waals surface area (Å²) in [5.74, 6) is 0.569. The van der Waals surface area contributed by atoms with Gasteiger partial charge in [-0.15, -0.1) is 0 Å². The molecule has 1 heterocycles. The van der Waals surface area contributed by atoms with Gasteiger partial charge in [-0.2, -0.15) is 0 Å². The fourth-order valence-electron chi connectivity index (χ4n) is 2.86. The van der Waals surface area contributed by atoms with Gasteiger partial charge in [-0.25, -0.2) is 0 Å². The second-order valence-electron chi connectivity index (χ2n) is 6.02. The predicted octanol–water partition coefficient (Wildman–Crippen LogP) is 2.61. The van der Waals surface area contributed by atoms with Crippen LogP contribution in [0.4, 0.5) is 5.69 Å². The first-order chi connectivity index (χ1) is 12.2. The summed E-state index contributed by atoms with van der Waals surface area (Å²) in [6, 6.07) is 17.5. The number of nitrogens with zero attached hydrogens (tertiary/aromatic N) is 1. The second kappa shape index (κ2) is 8.53. The lowest BCUT2D eigenvalue weighted by atomic mass is 10.1. The zero-order chi connectivity index (χ0) is 17.5. The number of nitrogens with one attached hydrogen (secondary N) is 1. The van der Waals surface area contributed by atoms with E-state index in [-0.39, 0.29) is 5.91 Å². The highest BCUT2D eigenvalue weighted by Crippen LogP contribution is 2.21. The van der Waals surface area contributed by atoms with Gasteiger partial charge in [0.05, 0.1) is 13.2 Å². The second-order valence-corrected chi connectivity index (χ2v) is 6.02. The lowest BCUT2D eigenvalue weighted by Gasteiger charge is -2.30. The molecule has 1 saturated heterocycles. The van der Waals surface area contributed by atoms with Gasteiger partial charge in [0.25, 0.3) is 5.91 Å². The van der Waals surface area contributed by atoms with Crippen LogP contribution in [0, 0.1) is 0 Å². The molecule has 1 N–H and O–H groups in total. The molecule has 1 atom stereocenters. The van der Waals surface area contributed by atoms with Gasteiger partial charge in [-0.1, -0.05) is 36.4 Å². The van der Waals surface area contributed by atoms with Crippen LogP contribution in [-0.2, 0) is 16.1 Å². The molecule has 1 fully saturated rings. The van der Waals surface area contributed by atoms with E-state index < -0.39 is 6.10 Å². The highest BCUT2D eigenvalue weighted by Gasteiger charge is 2.17. The summed E-state index contributed by atoms with van der Waals surface area (Å²) in [4.78, 5) is 14.6. The van der Waals surface area contributed by atoms with E-state index in [9.17, 15) is 4.79 Å². The van der Waals surface area contributed by atoms with E-state index in [4.69, 9.17) is 9.47 Å². The maximum Gasteiger partial charge on any atom is 0.261 e. The molecular weight excluding hydrogens is 316 g/mol. The molecular formula is C20H24N2O3. The highest BCUT2D eigenvalue weighted by molar-refractivity contribution is 5.80. The van der Waals surface area contributed by atoms with Crippen molar-refractivity contribution in [3.63, 3.8) is 0 Å². The standard InChI is InChI=1S/C20H24N2O3/c1-16(25-18-8-3-2-4-9-18)20(23)21-15-17-7-5-6-10-19(17)22-11-13-24-14-12-22/h2-10,16H,11-15H2,1H3,(H,21,23)/t16-/m1/s1. The lowest BCUT2D eigenvalue weighted by Crippen LogP contribution is -2.38. The quantitative estimate of drug-likeness (QED) is 0.878. The third kappa shape index (κ3) is 4.73. The maximum absolute atomic E-state index is 12.3. The Labute approximate surface area is 148 Å². The monoisotopic (exact) mass is 340 g/mol. The van der Waals surface area contributed by atoms with E-state index >= 15 is 0 Å². The molecule has 2 aromatic rings. The Hall–Kier alpha value is -2.53. The first-order valence-corrected chi connectivity index (χ1v) is 8.64. The Morgan fingerprint density at radius 1 is 1.12 bits per heavy atom. The molecule has 5 nitrogen and oxygen atoms in total. The van der Waals surface area contributed by atoms with E-state index in [0.29, 0.717) is 12.3 Å². The van der Waals surface area contributed by atoms with Crippen molar-refractivity contribution in [3.8, 4) is 5.75 Å². The summed E-state index contributed by atoms with van der Waals surface area (Å²) in [6.07, 6.45) is -0.544. The third-order valence-electron chi connectivity index (χ3n) is 4.22. The van der Waals surface area contributed by atoms with Crippen molar-refractivity contribution in [1.29, 1.82) is 0 Å². The molecule has 132 valence electrons. The molecule has 0 spiro atoms. The third-order valence-corrected chi connectivity index (χ3v) is 4.22. The van der Waals surface area contributed by atoms with Crippen molar-refractivity contribution < 1.29 is 14.3 Å². The van der Waals surface area contributed by atoms with Gasteiger partial charge in [-0.05, 0) is 30.7 Å². The average molecular weight is 340 g/mol. The number of hydrogen-bond acceptors (Lipinski definition) is 4. The van der Waals surface area contributed by atoms with E-state index in [1.807, 2.05) is 48.5 Å². The molecule has 25 heavy (non-hydrogen) atoms. The Morgan fingerprint density at radius 2 is 1.80 bits per heavy atom. The number of rotatable bonds is 6. The van der Waals surface area contributed by atoms with Crippen molar-refractivity contribution in [2.45, 2.75) is 19.6 Å². The van der Waals surface area contributed by atoms with Crippen LogP contribution in [0.5, 0.6) is 5.75 Å². The zero-order valence-corrected chi connectivity index (χ0v) is 14.5. The fourth-order valence-corrected chi connectivity index (χ4v) is 2.86. The van der Waals surface area contributed by atoms with Crippen molar-refractivity contribution in [2.24, 2.45) is 0 Å². The molecule has 0 bridgehead atoms. The van der Waals surface area contributed by atoms with E-state index in [1.54, 1.807) is 6.92 Å². The van der Waals surface area contributed by atoms with Gasteiger partial charge >= 0.3 is 0 Å². The fraction of sp³-hybridized carbons (Fsp3) is 0.350. The van der Waals surface area contributed by atoms with Crippen molar-refractivity contribution in [3.05, 3.63) is 60.2 Å². The summed E-state index contributed by atoms with van der Waals surface area (Å²) in [5.41, 5.74) is 2.26. The Kier molecular flexibility index (Phi) is 5.90. The molecule has 0 radical (unpaired) electrons. The van der Waals surface area contributed by atoms with Crippen LogP contribution in [0.15, 0.2) is 54.6 Å².